The number of carbonyl (C=O) groups excluding carboxylic acids is 1. The zero-order chi connectivity index (χ0) is 17.1. The van der Waals surface area contributed by atoms with E-state index in [-0.39, 0.29) is 18.6 Å². The fourth-order valence-corrected chi connectivity index (χ4v) is 3.06. The van der Waals surface area contributed by atoms with Gasteiger partial charge in [0.05, 0.1) is 6.04 Å². The summed E-state index contributed by atoms with van der Waals surface area (Å²) < 4.78 is 5.67. The van der Waals surface area contributed by atoms with Crippen LogP contribution in [0.3, 0.4) is 0 Å². The summed E-state index contributed by atoms with van der Waals surface area (Å²) >= 11 is 0. The Kier molecular flexibility index (Phi) is 4.89. The highest BCUT2D eigenvalue weighted by Gasteiger charge is 2.33. The lowest BCUT2D eigenvalue weighted by molar-refractivity contribution is -0.124. The maximum absolute atomic E-state index is 12.3. The van der Waals surface area contributed by atoms with Gasteiger partial charge in [-0.3, -0.25) is 4.79 Å². The first-order valence-corrected chi connectivity index (χ1v) is 8.58. The molecule has 2 aromatic carbocycles. The molecule has 0 bridgehead atoms. The van der Waals surface area contributed by atoms with Crippen LogP contribution in [0.1, 0.15) is 41.1 Å². The van der Waals surface area contributed by atoms with Crippen molar-refractivity contribution in [3.05, 3.63) is 64.7 Å². The Bertz CT molecular complexity index is 697. The van der Waals surface area contributed by atoms with Crippen molar-refractivity contribution < 1.29 is 9.53 Å². The van der Waals surface area contributed by atoms with Gasteiger partial charge in [-0.05, 0) is 68.4 Å². The van der Waals surface area contributed by atoms with E-state index in [2.05, 4.69) is 42.6 Å². The molecule has 0 aromatic heterocycles. The highest BCUT2D eigenvalue weighted by atomic mass is 16.5. The number of ether oxygens (including phenoxy) is 1. The van der Waals surface area contributed by atoms with Crippen molar-refractivity contribution in [2.24, 2.45) is 5.92 Å². The molecule has 2 aromatic rings. The molecule has 1 aliphatic rings. The van der Waals surface area contributed by atoms with Crippen LogP contribution in [0.25, 0.3) is 0 Å². The van der Waals surface area contributed by atoms with E-state index in [4.69, 9.17) is 4.74 Å². The van der Waals surface area contributed by atoms with Crippen LogP contribution in [-0.2, 0) is 4.79 Å². The van der Waals surface area contributed by atoms with Crippen molar-refractivity contribution in [1.82, 2.24) is 5.32 Å². The molecule has 0 heterocycles. The maximum atomic E-state index is 12.3. The molecule has 3 rings (SSSR count). The molecule has 1 aliphatic carbocycles. The van der Waals surface area contributed by atoms with Gasteiger partial charge >= 0.3 is 0 Å². The van der Waals surface area contributed by atoms with Gasteiger partial charge in [-0.2, -0.15) is 0 Å². The highest BCUT2D eigenvalue weighted by molar-refractivity contribution is 5.78. The SMILES string of the molecule is Cc1ccc([C@@H](NC(=O)COc2cc(C)cc(C)c2)C2CC2)cc1. The Morgan fingerprint density at radius 1 is 1.04 bits per heavy atom. The zero-order valence-corrected chi connectivity index (χ0v) is 14.6. The van der Waals surface area contributed by atoms with E-state index in [1.165, 1.54) is 24.0 Å². The molecule has 3 heteroatoms. The van der Waals surface area contributed by atoms with E-state index in [1.807, 2.05) is 26.0 Å². The van der Waals surface area contributed by atoms with Gasteiger partial charge in [0.2, 0.25) is 0 Å². The topological polar surface area (TPSA) is 38.3 Å². The van der Waals surface area contributed by atoms with Gasteiger partial charge in [-0.1, -0.05) is 35.9 Å². The minimum Gasteiger partial charge on any atom is -0.484 e. The van der Waals surface area contributed by atoms with Crippen LogP contribution in [0.15, 0.2) is 42.5 Å². The van der Waals surface area contributed by atoms with Crippen LogP contribution in [0.4, 0.5) is 0 Å². The van der Waals surface area contributed by atoms with Gasteiger partial charge in [0.15, 0.2) is 6.61 Å². The van der Waals surface area contributed by atoms with Gasteiger partial charge in [0.25, 0.3) is 5.91 Å². The van der Waals surface area contributed by atoms with Gasteiger partial charge in [-0.15, -0.1) is 0 Å². The maximum Gasteiger partial charge on any atom is 0.258 e. The lowest BCUT2D eigenvalue weighted by Crippen LogP contribution is -2.33. The number of rotatable bonds is 6. The summed E-state index contributed by atoms with van der Waals surface area (Å²) in [6, 6.07) is 14.5. The average molecular weight is 323 g/mol. The standard InChI is InChI=1S/C21H25NO2/c1-14-4-6-17(7-5-14)21(18-8-9-18)22-20(23)13-24-19-11-15(2)10-16(3)12-19/h4-7,10-12,18,21H,8-9,13H2,1-3H3,(H,22,23)/t21-/m1/s1. The summed E-state index contributed by atoms with van der Waals surface area (Å²) in [4.78, 5) is 12.3. The summed E-state index contributed by atoms with van der Waals surface area (Å²) in [5.74, 6) is 1.24. The molecule has 0 saturated heterocycles. The summed E-state index contributed by atoms with van der Waals surface area (Å²) in [5, 5.41) is 3.15. The Labute approximate surface area is 144 Å². The predicted octanol–water partition coefficient (Wildman–Crippen LogP) is 4.26. The Hall–Kier alpha value is -2.29. The molecular weight excluding hydrogens is 298 g/mol. The first-order valence-electron chi connectivity index (χ1n) is 8.58. The molecule has 24 heavy (non-hydrogen) atoms. The van der Waals surface area contributed by atoms with Crippen LogP contribution in [-0.4, -0.2) is 12.5 Å². The third-order valence-electron chi connectivity index (χ3n) is 4.41. The number of hydrogen-bond acceptors (Lipinski definition) is 2. The number of hydrogen-bond donors (Lipinski definition) is 1. The number of amides is 1. The molecule has 1 atom stereocenters. The lowest BCUT2D eigenvalue weighted by atomic mass is 10.0. The van der Waals surface area contributed by atoms with Crippen molar-refractivity contribution in [3.8, 4) is 5.75 Å². The summed E-state index contributed by atoms with van der Waals surface area (Å²) in [6.45, 7) is 6.19. The van der Waals surface area contributed by atoms with Crippen molar-refractivity contribution >= 4 is 5.91 Å². The van der Waals surface area contributed by atoms with Gasteiger partial charge in [-0.25, -0.2) is 0 Å². The molecule has 0 radical (unpaired) electrons. The molecular formula is C21H25NO2. The first kappa shape index (κ1) is 16.6. The Morgan fingerprint density at radius 3 is 2.25 bits per heavy atom. The van der Waals surface area contributed by atoms with Crippen LogP contribution in [0.5, 0.6) is 5.75 Å². The molecule has 1 fully saturated rings. The number of benzene rings is 2. The van der Waals surface area contributed by atoms with E-state index in [9.17, 15) is 4.79 Å². The van der Waals surface area contributed by atoms with Crippen molar-refractivity contribution in [1.29, 1.82) is 0 Å². The zero-order valence-electron chi connectivity index (χ0n) is 14.6. The molecule has 0 spiro atoms. The van der Waals surface area contributed by atoms with Crippen LogP contribution in [0, 0.1) is 26.7 Å². The van der Waals surface area contributed by atoms with E-state index >= 15 is 0 Å². The minimum absolute atomic E-state index is 0.0535. The second kappa shape index (κ2) is 7.08. The van der Waals surface area contributed by atoms with Crippen molar-refractivity contribution in [3.63, 3.8) is 0 Å². The quantitative estimate of drug-likeness (QED) is 0.862. The number of aryl methyl sites for hydroxylation is 3. The minimum atomic E-state index is -0.0633. The van der Waals surface area contributed by atoms with E-state index < -0.39 is 0 Å². The summed E-state index contributed by atoms with van der Waals surface area (Å²) in [5.41, 5.74) is 4.70. The fourth-order valence-electron chi connectivity index (χ4n) is 3.06. The highest BCUT2D eigenvalue weighted by Crippen LogP contribution is 2.41. The first-order chi connectivity index (χ1) is 11.5. The average Bonchev–Trinajstić information content (AvgIpc) is 3.35. The largest absolute Gasteiger partial charge is 0.484 e. The number of nitrogens with one attached hydrogen (secondary N) is 1. The van der Waals surface area contributed by atoms with Gasteiger partial charge < -0.3 is 10.1 Å². The molecule has 1 saturated carbocycles. The van der Waals surface area contributed by atoms with Crippen molar-refractivity contribution in [2.75, 3.05) is 6.61 Å². The third kappa shape index (κ3) is 4.38. The van der Waals surface area contributed by atoms with E-state index in [0.29, 0.717) is 5.92 Å². The van der Waals surface area contributed by atoms with Crippen molar-refractivity contribution in [2.45, 2.75) is 39.7 Å². The Morgan fingerprint density at radius 2 is 1.67 bits per heavy atom. The van der Waals surface area contributed by atoms with E-state index in [0.717, 1.165) is 16.9 Å². The monoisotopic (exact) mass is 323 g/mol. The molecule has 0 aliphatic heterocycles. The normalized spacial score (nSPS) is 15.0. The Balaban J connectivity index is 1.60. The number of carbonyl (C=O) groups is 1. The van der Waals surface area contributed by atoms with Crippen LogP contribution < -0.4 is 10.1 Å². The van der Waals surface area contributed by atoms with Gasteiger partial charge in [0.1, 0.15) is 5.75 Å². The molecule has 1 amide bonds. The molecule has 1 N–H and O–H groups in total. The molecule has 126 valence electrons. The second-order valence-electron chi connectivity index (χ2n) is 6.91. The summed E-state index contributed by atoms with van der Waals surface area (Å²) in [6.07, 6.45) is 2.35. The molecule has 3 nitrogen and oxygen atoms in total. The predicted molar refractivity (Wildman–Crippen MR) is 96.2 cm³/mol. The van der Waals surface area contributed by atoms with E-state index in [1.54, 1.807) is 0 Å². The van der Waals surface area contributed by atoms with Crippen LogP contribution >= 0.6 is 0 Å². The second-order valence-corrected chi connectivity index (χ2v) is 6.91. The third-order valence-corrected chi connectivity index (χ3v) is 4.41. The lowest BCUT2D eigenvalue weighted by Gasteiger charge is -2.19. The fraction of sp³-hybridized carbons (Fsp3) is 0.381. The van der Waals surface area contributed by atoms with Gasteiger partial charge in [0, 0.05) is 0 Å². The van der Waals surface area contributed by atoms with Crippen LogP contribution in [0.2, 0.25) is 0 Å². The smallest absolute Gasteiger partial charge is 0.258 e. The molecule has 0 unspecified atom stereocenters. The summed E-state index contributed by atoms with van der Waals surface area (Å²) in [7, 11) is 0.